The van der Waals surface area contributed by atoms with Gasteiger partial charge in [-0.15, -0.1) is 11.6 Å². The lowest BCUT2D eigenvalue weighted by molar-refractivity contribution is 0.404. The van der Waals surface area contributed by atoms with Gasteiger partial charge in [-0.3, -0.25) is 4.68 Å². The Labute approximate surface area is 129 Å². The fourth-order valence-corrected chi connectivity index (χ4v) is 5.50. The topological polar surface area (TPSA) is 55.2 Å². The normalized spacial score (nSPS) is 24.9. The van der Waals surface area contributed by atoms with E-state index in [1.54, 1.807) is 15.2 Å². The molecule has 2 atom stereocenters. The third kappa shape index (κ3) is 3.69. The van der Waals surface area contributed by atoms with E-state index in [1.807, 2.05) is 11.8 Å². The molecule has 0 saturated carbocycles. The summed E-state index contributed by atoms with van der Waals surface area (Å²) in [4.78, 5) is 0.276. The van der Waals surface area contributed by atoms with E-state index in [0.29, 0.717) is 36.0 Å². The van der Waals surface area contributed by atoms with Crippen LogP contribution in [0, 0.1) is 0 Å². The summed E-state index contributed by atoms with van der Waals surface area (Å²) in [6.07, 6.45) is 3.80. The average molecular weight is 338 g/mol. The number of halogens is 1. The van der Waals surface area contributed by atoms with Crippen molar-refractivity contribution in [3.8, 4) is 0 Å². The molecule has 1 aliphatic rings. The van der Waals surface area contributed by atoms with Crippen LogP contribution >= 0.6 is 23.4 Å². The third-order valence-corrected chi connectivity index (χ3v) is 6.43. The van der Waals surface area contributed by atoms with Gasteiger partial charge in [-0.05, 0) is 6.42 Å². The van der Waals surface area contributed by atoms with Crippen molar-refractivity contribution >= 4 is 33.4 Å². The van der Waals surface area contributed by atoms with Gasteiger partial charge in [0.1, 0.15) is 4.90 Å². The SMILES string of the molecule is CC1CN(S(=O)(=O)c2cnn(CCCCl)c2)CC(C)S1. The van der Waals surface area contributed by atoms with Gasteiger partial charge in [-0.2, -0.15) is 21.2 Å². The number of thioether (sulfide) groups is 1. The quantitative estimate of drug-likeness (QED) is 0.771. The summed E-state index contributed by atoms with van der Waals surface area (Å²) in [5, 5.41) is 4.74. The molecular formula is C12H20ClN3O2S2. The smallest absolute Gasteiger partial charge is 0.246 e. The first-order chi connectivity index (χ1) is 9.43. The van der Waals surface area contributed by atoms with Gasteiger partial charge < -0.3 is 0 Å². The van der Waals surface area contributed by atoms with Crippen molar-refractivity contribution in [2.24, 2.45) is 0 Å². The zero-order valence-corrected chi connectivity index (χ0v) is 14.1. The maximum atomic E-state index is 12.6. The van der Waals surface area contributed by atoms with Crippen LogP contribution in [0.3, 0.4) is 0 Å². The minimum absolute atomic E-state index is 0.276. The molecule has 0 bridgehead atoms. The summed E-state index contributed by atoms with van der Waals surface area (Å²) in [6, 6.07) is 0. The Hall–Kier alpha value is -0.240. The molecule has 0 spiro atoms. The maximum absolute atomic E-state index is 12.6. The number of rotatable bonds is 5. The van der Waals surface area contributed by atoms with E-state index in [4.69, 9.17) is 11.6 Å². The fourth-order valence-electron chi connectivity index (χ4n) is 2.30. The predicted molar refractivity (Wildman–Crippen MR) is 82.8 cm³/mol. The third-order valence-electron chi connectivity index (χ3n) is 3.15. The van der Waals surface area contributed by atoms with Crippen LogP contribution in [0.1, 0.15) is 20.3 Å². The molecule has 8 heteroatoms. The van der Waals surface area contributed by atoms with Crippen LogP contribution in [0.4, 0.5) is 0 Å². The summed E-state index contributed by atoms with van der Waals surface area (Å²) in [7, 11) is -3.43. The molecule has 0 N–H and O–H groups in total. The highest BCUT2D eigenvalue weighted by atomic mass is 35.5. The molecule has 0 radical (unpaired) electrons. The average Bonchev–Trinajstić information content (AvgIpc) is 2.84. The van der Waals surface area contributed by atoms with Crippen molar-refractivity contribution in [2.45, 2.75) is 42.2 Å². The highest BCUT2D eigenvalue weighted by Gasteiger charge is 2.32. The summed E-state index contributed by atoms with van der Waals surface area (Å²) < 4.78 is 28.4. The molecule has 1 aliphatic heterocycles. The molecule has 1 fully saturated rings. The molecule has 2 heterocycles. The monoisotopic (exact) mass is 337 g/mol. The van der Waals surface area contributed by atoms with E-state index >= 15 is 0 Å². The molecule has 1 aromatic heterocycles. The van der Waals surface area contributed by atoms with E-state index in [9.17, 15) is 8.42 Å². The second-order valence-corrected chi connectivity index (χ2v) is 9.26. The lowest BCUT2D eigenvalue weighted by Crippen LogP contribution is -2.43. The Morgan fingerprint density at radius 2 is 2.05 bits per heavy atom. The Morgan fingerprint density at radius 1 is 1.40 bits per heavy atom. The van der Waals surface area contributed by atoms with E-state index in [1.165, 1.54) is 6.20 Å². The van der Waals surface area contributed by atoms with Gasteiger partial charge in [0.25, 0.3) is 0 Å². The van der Waals surface area contributed by atoms with Crippen molar-refractivity contribution in [2.75, 3.05) is 19.0 Å². The summed E-state index contributed by atoms with van der Waals surface area (Å²) in [5.74, 6) is 0.542. The van der Waals surface area contributed by atoms with Crippen LogP contribution in [-0.2, 0) is 16.6 Å². The van der Waals surface area contributed by atoms with Crippen molar-refractivity contribution in [1.82, 2.24) is 14.1 Å². The van der Waals surface area contributed by atoms with Crippen molar-refractivity contribution in [1.29, 1.82) is 0 Å². The first kappa shape index (κ1) is 16.1. The van der Waals surface area contributed by atoms with Crippen LogP contribution in [0.5, 0.6) is 0 Å². The molecule has 0 aromatic carbocycles. The summed E-state index contributed by atoms with van der Waals surface area (Å²) in [5.41, 5.74) is 0. The van der Waals surface area contributed by atoms with Gasteiger partial charge in [0.15, 0.2) is 0 Å². The number of aryl methyl sites for hydroxylation is 1. The minimum atomic E-state index is -3.43. The van der Waals surface area contributed by atoms with E-state index in [0.717, 1.165) is 6.42 Å². The van der Waals surface area contributed by atoms with Gasteiger partial charge in [0.05, 0.1) is 6.20 Å². The molecule has 114 valence electrons. The molecule has 5 nitrogen and oxygen atoms in total. The molecule has 1 saturated heterocycles. The zero-order chi connectivity index (χ0) is 14.8. The minimum Gasteiger partial charge on any atom is -0.271 e. The first-order valence-electron chi connectivity index (χ1n) is 6.67. The molecule has 0 aliphatic carbocycles. The van der Waals surface area contributed by atoms with E-state index in [-0.39, 0.29) is 4.90 Å². The number of alkyl halides is 1. The highest BCUT2D eigenvalue weighted by molar-refractivity contribution is 8.00. The van der Waals surface area contributed by atoms with Gasteiger partial charge in [-0.25, -0.2) is 8.42 Å². The molecular weight excluding hydrogens is 318 g/mol. The number of aromatic nitrogens is 2. The zero-order valence-electron chi connectivity index (χ0n) is 11.7. The van der Waals surface area contributed by atoms with Crippen LogP contribution in [0.25, 0.3) is 0 Å². The van der Waals surface area contributed by atoms with Gasteiger partial charge >= 0.3 is 0 Å². The lowest BCUT2D eigenvalue weighted by Gasteiger charge is -2.33. The van der Waals surface area contributed by atoms with Gasteiger partial charge in [0, 0.05) is 42.2 Å². The Kier molecular flexibility index (Phi) is 5.39. The molecule has 2 rings (SSSR count). The van der Waals surface area contributed by atoms with E-state index in [2.05, 4.69) is 18.9 Å². The highest BCUT2D eigenvalue weighted by Crippen LogP contribution is 2.28. The van der Waals surface area contributed by atoms with Gasteiger partial charge in [0.2, 0.25) is 10.0 Å². The Balaban J connectivity index is 2.15. The second-order valence-electron chi connectivity index (χ2n) is 5.06. The maximum Gasteiger partial charge on any atom is 0.246 e. The lowest BCUT2D eigenvalue weighted by atomic mass is 10.4. The second kappa shape index (κ2) is 6.68. The van der Waals surface area contributed by atoms with Crippen molar-refractivity contribution < 1.29 is 8.42 Å². The van der Waals surface area contributed by atoms with Crippen LogP contribution < -0.4 is 0 Å². The standard InChI is InChI=1S/C12H20ClN3O2S2/c1-10-7-16(8-11(2)19-10)20(17,18)12-6-14-15(9-12)5-3-4-13/h6,9-11H,3-5,7-8H2,1-2H3. The van der Waals surface area contributed by atoms with Gasteiger partial charge in [-0.1, -0.05) is 13.8 Å². The molecule has 2 unspecified atom stereocenters. The summed E-state index contributed by atoms with van der Waals surface area (Å²) >= 11 is 7.46. The van der Waals surface area contributed by atoms with Crippen molar-refractivity contribution in [3.63, 3.8) is 0 Å². The molecule has 20 heavy (non-hydrogen) atoms. The Morgan fingerprint density at radius 3 is 2.65 bits per heavy atom. The fraction of sp³-hybridized carbons (Fsp3) is 0.750. The molecule has 1 aromatic rings. The van der Waals surface area contributed by atoms with Crippen molar-refractivity contribution in [3.05, 3.63) is 12.4 Å². The van der Waals surface area contributed by atoms with E-state index < -0.39 is 10.0 Å². The van der Waals surface area contributed by atoms with Crippen LogP contribution in [0.15, 0.2) is 17.3 Å². The summed E-state index contributed by atoms with van der Waals surface area (Å²) in [6.45, 7) is 5.88. The Bertz CT molecular complexity index is 537. The number of nitrogens with zero attached hydrogens (tertiary/aromatic N) is 3. The molecule has 0 amide bonds. The van der Waals surface area contributed by atoms with Crippen LogP contribution in [-0.4, -0.2) is 52.0 Å². The number of hydrogen-bond donors (Lipinski definition) is 0. The largest absolute Gasteiger partial charge is 0.271 e. The number of hydrogen-bond acceptors (Lipinski definition) is 4. The van der Waals surface area contributed by atoms with Crippen LogP contribution in [0.2, 0.25) is 0 Å². The first-order valence-corrected chi connectivity index (χ1v) is 9.59. The number of sulfonamides is 1. The predicted octanol–water partition coefficient (Wildman–Crippen LogP) is 2.03.